The van der Waals surface area contributed by atoms with Gasteiger partial charge in [-0.25, -0.2) is 0 Å². The Labute approximate surface area is 388 Å². The van der Waals surface area contributed by atoms with Crippen LogP contribution in [0.3, 0.4) is 0 Å². The summed E-state index contributed by atoms with van der Waals surface area (Å²) in [6, 6.07) is 76.4. The van der Waals surface area contributed by atoms with Crippen LogP contribution < -0.4 is 4.90 Å². The zero-order valence-corrected chi connectivity index (χ0v) is 35.7. The van der Waals surface area contributed by atoms with Crippen molar-refractivity contribution >= 4 is 82.1 Å². The minimum absolute atomic E-state index is 0.130. The van der Waals surface area contributed by atoms with Gasteiger partial charge in [0.15, 0.2) is 0 Å². The molecule has 0 amide bonds. The first-order valence-electron chi connectivity index (χ1n) is 24.3. The molecule has 0 saturated carbocycles. The van der Waals surface area contributed by atoms with Gasteiger partial charge in [-0.3, -0.25) is 0 Å². The Balaban J connectivity index is 0.918. The summed E-state index contributed by atoms with van der Waals surface area (Å²) in [5.74, 6) is 0. The lowest BCUT2D eigenvalue weighted by Gasteiger charge is -2.26. The summed E-state index contributed by atoms with van der Waals surface area (Å²) in [5, 5.41) is 11.3. The highest BCUT2D eigenvalue weighted by Crippen LogP contribution is 2.42. The standard InChI is InChI=1S/C64H41NO/c1-3-12-52-44(10-1)32-40-59-54(15-7-18-57(52)59)46-24-22-42(23-25-46)43-26-34-49(35-27-43)65(51-38-30-48(31-39-51)56-17-9-21-63-64(56)61-14-5-6-20-62(61)66-63)50-36-28-47(29-37-50)55-16-8-19-58-53-13-4-2-11-45(53)33-41-60(55)58/h1-41H/i30D,31D,38D,39D. The van der Waals surface area contributed by atoms with Crippen molar-refractivity contribution in [2.75, 3.05) is 4.90 Å². The van der Waals surface area contributed by atoms with E-state index in [2.05, 4.69) is 158 Å². The Morgan fingerprint density at radius 1 is 0.273 bits per heavy atom. The summed E-state index contributed by atoms with van der Waals surface area (Å²) in [5.41, 5.74) is 10.2. The molecule has 2 nitrogen and oxygen atoms in total. The largest absolute Gasteiger partial charge is 0.456 e. The number of benzene rings is 12. The van der Waals surface area contributed by atoms with Crippen LogP contribution in [0.1, 0.15) is 5.48 Å². The highest BCUT2D eigenvalue weighted by atomic mass is 16.3. The Bertz CT molecular complexity index is 4190. The van der Waals surface area contributed by atoms with Crippen molar-refractivity contribution in [3.05, 3.63) is 249 Å². The molecule has 0 aliphatic heterocycles. The summed E-state index contributed by atoms with van der Waals surface area (Å²) >= 11 is 0. The Hall–Kier alpha value is -8.72. The quantitative estimate of drug-likeness (QED) is 0.149. The van der Waals surface area contributed by atoms with E-state index in [9.17, 15) is 5.48 Å². The van der Waals surface area contributed by atoms with Crippen molar-refractivity contribution in [1.29, 1.82) is 0 Å². The van der Waals surface area contributed by atoms with E-state index in [1.54, 1.807) is 0 Å². The van der Waals surface area contributed by atoms with Crippen LogP contribution in [0.15, 0.2) is 253 Å². The smallest absolute Gasteiger partial charge is 0.136 e. The number of fused-ring (bicyclic) bond motifs is 9. The fourth-order valence-corrected chi connectivity index (χ4v) is 9.96. The maximum atomic E-state index is 9.72. The fourth-order valence-electron chi connectivity index (χ4n) is 9.96. The number of nitrogens with zero attached hydrogens (tertiary/aromatic N) is 1. The first-order chi connectivity index (χ1) is 34.4. The summed E-state index contributed by atoms with van der Waals surface area (Å²) in [6.07, 6.45) is 0. The molecule has 0 unspecified atom stereocenters. The molecule has 0 saturated heterocycles. The topological polar surface area (TPSA) is 16.4 Å². The van der Waals surface area contributed by atoms with E-state index < -0.39 is 0 Å². The molecule has 0 aliphatic carbocycles. The molecule has 0 spiro atoms. The van der Waals surface area contributed by atoms with Gasteiger partial charge in [-0.05, 0) is 136 Å². The summed E-state index contributed by atoms with van der Waals surface area (Å²) < 4.78 is 44.8. The Morgan fingerprint density at radius 2 is 0.712 bits per heavy atom. The summed E-state index contributed by atoms with van der Waals surface area (Å²) in [4.78, 5) is 1.86. The number of anilines is 3. The van der Waals surface area contributed by atoms with E-state index in [-0.39, 0.29) is 35.4 Å². The van der Waals surface area contributed by atoms with Gasteiger partial charge in [0.1, 0.15) is 11.2 Å². The molecule has 13 aromatic rings. The minimum atomic E-state index is -0.146. The third-order valence-electron chi connectivity index (χ3n) is 13.2. The van der Waals surface area contributed by atoms with Gasteiger partial charge in [0.05, 0.1) is 5.48 Å². The van der Waals surface area contributed by atoms with Crippen molar-refractivity contribution in [2.45, 2.75) is 0 Å². The van der Waals surface area contributed by atoms with Gasteiger partial charge in [0.2, 0.25) is 0 Å². The average Bonchev–Trinajstić information content (AvgIpc) is 3.81. The average molecular weight is 844 g/mol. The first-order valence-corrected chi connectivity index (χ1v) is 22.3. The molecular weight excluding hydrogens is 799 g/mol. The molecule has 1 aromatic heterocycles. The van der Waals surface area contributed by atoms with Gasteiger partial charge in [-0.2, -0.15) is 0 Å². The normalized spacial score (nSPS) is 12.5. The van der Waals surface area contributed by atoms with E-state index >= 15 is 0 Å². The van der Waals surface area contributed by atoms with Crippen molar-refractivity contribution in [2.24, 2.45) is 0 Å². The highest BCUT2D eigenvalue weighted by molar-refractivity contribution is 6.14. The zero-order chi connectivity index (χ0) is 47.0. The number of hydrogen-bond donors (Lipinski definition) is 0. The molecule has 0 bridgehead atoms. The highest BCUT2D eigenvalue weighted by Gasteiger charge is 2.17. The van der Waals surface area contributed by atoms with Crippen LogP contribution in [-0.2, 0) is 0 Å². The van der Waals surface area contributed by atoms with Crippen molar-refractivity contribution in [3.63, 3.8) is 0 Å². The second-order valence-electron chi connectivity index (χ2n) is 16.9. The van der Waals surface area contributed by atoms with Crippen molar-refractivity contribution in [1.82, 2.24) is 0 Å². The molecule has 0 aliphatic rings. The lowest BCUT2D eigenvalue weighted by atomic mass is 9.93. The van der Waals surface area contributed by atoms with E-state index in [4.69, 9.17) is 4.42 Å². The van der Waals surface area contributed by atoms with Gasteiger partial charge >= 0.3 is 0 Å². The summed E-state index contributed by atoms with van der Waals surface area (Å²) in [6.45, 7) is 0. The second kappa shape index (κ2) is 15.5. The third kappa shape index (κ3) is 6.34. The molecule has 308 valence electrons. The van der Waals surface area contributed by atoms with Crippen molar-refractivity contribution < 1.29 is 9.90 Å². The molecule has 13 rings (SSSR count). The van der Waals surface area contributed by atoms with E-state index in [1.807, 2.05) is 71.6 Å². The van der Waals surface area contributed by atoms with Crippen LogP contribution in [0.25, 0.3) is 110 Å². The summed E-state index contributed by atoms with van der Waals surface area (Å²) in [7, 11) is 0. The third-order valence-corrected chi connectivity index (χ3v) is 13.2. The molecule has 12 aromatic carbocycles. The molecule has 0 radical (unpaired) electrons. The van der Waals surface area contributed by atoms with Crippen LogP contribution in [0.2, 0.25) is 0 Å². The molecule has 0 N–H and O–H groups in total. The van der Waals surface area contributed by atoms with Crippen LogP contribution in [0.5, 0.6) is 0 Å². The molecule has 2 heteroatoms. The molecule has 0 fully saturated rings. The van der Waals surface area contributed by atoms with E-state index in [0.29, 0.717) is 28.1 Å². The number of furan rings is 1. The van der Waals surface area contributed by atoms with E-state index in [0.717, 1.165) is 44.0 Å². The zero-order valence-electron chi connectivity index (χ0n) is 39.7. The van der Waals surface area contributed by atoms with Gasteiger partial charge in [0, 0.05) is 27.8 Å². The maximum absolute atomic E-state index is 9.72. The predicted octanol–water partition coefficient (Wildman–Crippen LogP) is 18.3. The first kappa shape index (κ1) is 33.8. The van der Waals surface area contributed by atoms with Gasteiger partial charge in [-0.1, -0.05) is 200 Å². The van der Waals surface area contributed by atoms with Crippen LogP contribution in [0, 0.1) is 0 Å². The monoisotopic (exact) mass is 843 g/mol. The van der Waals surface area contributed by atoms with Crippen LogP contribution >= 0.6 is 0 Å². The second-order valence-corrected chi connectivity index (χ2v) is 16.9. The minimum Gasteiger partial charge on any atom is -0.456 e. The molecule has 0 atom stereocenters. The number of hydrogen-bond acceptors (Lipinski definition) is 2. The SMILES string of the molecule is [2H]c1c([2H])c(N(c2ccc(-c3ccc(-c4cccc5c4ccc4ccccc45)cc3)cc2)c2ccc(-c3cccc4c3ccc3ccccc34)cc2)c([2H])c([2H])c1-c1cccc2oc3ccccc3c12. The van der Waals surface area contributed by atoms with E-state index in [1.165, 1.54) is 43.3 Å². The maximum Gasteiger partial charge on any atom is 0.136 e. The Morgan fingerprint density at radius 3 is 1.30 bits per heavy atom. The fraction of sp³-hybridized carbons (Fsp3) is 0. The van der Waals surface area contributed by atoms with Crippen LogP contribution in [0.4, 0.5) is 17.1 Å². The molecular formula is C64H41NO. The number of para-hydroxylation sites is 1. The van der Waals surface area contributed by atoms with Crippen molar-refractivity contribution in [3.8, 4) is 44.5 Å². The Kier molecular flexibility index (Phi) is 7.94. The lowest BCUT2D eigenvalue weighted by Crippen LogP contribution is -2.09. The van der Waals surface area contributed by atoms with Crippen LogP contribution in [-0.4, -0.2) is 0 Å². The number of rotatable bonds is 7. The lowest BCUT2D eigenvalue weighted by molar-refractivity contribution is 0.669. The molecule has 1 heterocycles. The van der Waals surface area contributed by atoms with Gasteiger partial charge in [-0.15, -0.1) is 0 Å². The van der Waals surface area contributed by atoms with Gasteiger partial charge < -0.3 is 9.32 Å². The molecule has 66 heavy (non-hydrogen) atoms. The van der Waals surface area contributed by atoms with Gasteiger partial charge in [0.25, 0.3) is 0 Å². The predicted molar refractivity (Wildman–Crippen MR) is 280 cm³/mol.